The van der Waals surface area contributed by atoms with Gasteiger partial charge in [-0.2, -0.15) is 0 Å². The number of aromatic nitrogens is 1. The highest BCUT2D eigenvalue weighted by Crippen LogP contribution is 2.31. The zero-order valence-electron chi connectivity index (χ0n) is 14.4. The molecule has 1 saturated carbocycles. The van der Waals surface area contributed by atoms with Crippen LogP contribution in [0.3, 0.4) is 0 Å². The molecule has 5 nitrogen and oxygen atoms in total. The Morgan fingerprint density at radius 3 is 2.67 bits per heavy atom. The lowest BCUT2D eigenvalue weighted by molar-refractivity contribution is -0.132. The van der Waals surface area contributed by atoms with Gasteiger partial charge in [0.05, 0.1) is 17.2 Å². The highest BCUT2D eigenvalue weighted by Gasteiger charge is 2.26. The van der Waals surface area contributed by atoms with Gasteiger partial charge in [-0.25, -0.2) is 4.98 Å². The molecule has 1 saturated heterocycles. The highest BCUT2D eigenvalue weighted by atomic mass is 32.1. The summed E-state index contributed by atoms with van der Waals surface area (Å²) in [6.07, 6.45) is 6.81. The lowest BCUT2D eigenvalue weighted by Gasteiger charge is -2.31. The van der Waals surface area contributed by atoms with Crippen molar-refractivity contribution in [2.45, 2.75) is 64.3 Å². The fraction of sp³-hybridized carbons (Fsp3) is 0.722. The average molecular weight is 350 g/mol. The van der Waals surface area contributed by atoms with Gasteiger partial charge < -0.3 is 10.2 Å². The zero-order chi connectivity index (χ0) is 16.9. The van der Waals surface area contributed by atoms with E-state index in [1.165, 1.54) is 6.42 Å². The molecule has 132 valence electrons. The van der Waals surface area contributed by atoms with Crippen LogP contribution in [0.25, 0.3) is 0 Å². The standard InChI is InChI=1S/C18H27N3O2S/c1-2-4-16(22)21-9-7-14(8-10-21)18-20-15(12-24-18)11-19-17(23)13-5-3-6-13/h12-14H,2-11H2,1H3,(H,19,23). The van der Waals surface area contributed by atoms with Crippen molar-refractivity contribution in [2.75, 3.05) is 13.1 Å². The Labute approximate surface area is 147 Å². The van der Waals surface area contributed by atoms with Crippen LogP contribution in [0.4, 0.5) is 0 Å². The van der Waals surface area contributed by atoms with Crippen LogP contribution < -0.4 is 5.32 Å². The smallest absolute Gasteiger partial charge is 0.223 e. The maximum atomic E-state index is 12.0. The molecule has 0 bridgehead atoms. The summed E-state index contributed by atoms with van der Waals surface area (Å²) in [5.74, 6) is 1.15. The number of carbonyl (C=O) groups is 2. The van der Waals surface area contributed by atoms with Gasteiger partial charge in [-0.1, -0.05) is 13.3 Å². The molecule has 0 aromatic carbocycles. The lowest BCUT2D eigenvalue weighted by Crippen LogP contribution is -2.37. The summed E-state index contributed by atoms with van der Waals surface area (Å²) in [7, 11) is 0. The van der Waals surface area contributed by atoms with Crippen molar-refractivity contribution < 1.29 is 9.59 Å². The molecule has 1 aliphatic heterocycles. The number of carbonyl (C=O) groups excluding carboxylic acids is 2. The Kier molecular flexibility index (Phi) is 5.87. The summed E-state index contributed by atoms with van der Waals surface area (Å²) in [6, 6.07) is 0. The minimum Gasteiger partial charge on any atom is -0.350 e. The van der Waals surface area contributed by atoms with E-state index in [0.29, 0.717) is 18.9 Å². The summed E-state index contributed by atoms with van der Waals surface area (Å²) in [5, 5.41) is 6.22. The van der Waals surface area contributed by atoms with Crippen LogP contribution in [0.15, 0.2) is 5.38 Å². The van der Waals surface area contributed by atoms with Gasteiger partial charge in [-0.3, -0.25) is 9.59 Å². The van der Waals surface area contributed by atoms with Crippen LogP contribution in [0, 0.1) is 5.92 Å². The number of amides is 2. The van der Waals surface area contributed by atoms with E-state index in [2.05, 4.69) is 10.7 Å². The summed E-state index contributed by atoms with van der Waals surface area (Å²) < 4.78 is 0. The third kappa shape index (κ3) is 4.15. The van der Waals surface area contributed by atoms with Gasteiger partial charge in [0.1, 0.15) is 0 Å². The number of hydrogen-bond acceptors (Lipinski definition) is 4. The molecule has 0 atom stereocenters. The second-order valence-corrected chi connectivity index (χ2v) is 7.82. The number of piperidine rings is 1. The maximum absolute atomic E-state index is 12.0. The van der Waals surface area contributed by atoms with Gasteiger partial charge in [0.25, 0.3) is 0 Å². The molecule has 24 heavy (non-hydrogen) atoms. The van der Waals surface area contributed by atoms with Crippen molar-refractivity contribution in [2.24, 2.45) is 5.92 Å². The van der Waals surface area contributed by atoms with Gasteiger partial charge in [0, 0.05) is 36.7 Å². The summed E-state index contributed by atoms with van der Waals surface area (Å²) in [4.78, 5) is 30.5. The molecule has 1 N–H and O–H groups in total. The van der Waals surface area contributed by atoms with Gasteiger partial charge in [0.15, 0.2) is 0 Å². The molecular formula is C18H27N3O2S. The molecule has 1 aliphatic carbocycles. The number of nitrogens with zero attached hydrogens (tertiary/aromatic N) is 2. The molecule has 2 heterocycles. The average Bonchev–Trinajstić information content (AvgIpc) is 3.01. The molecular weight excluding hydrogens is 322 g/mol. The zero-order valence-corrected chi connectivity index (χ0v) is 15.2. The van der Waals surface area contributed by atoms with Crippen LogP contribution in [0.2, 0.25) is 0 Å². The minimum atomic E-state index is 0.179. The number of hydrogen-bond donors (Lipinski definition) is 1. The largest absolute Gasteiger partial charge is 0.350 e. The second-order valence-electron chi connectivity index (χ2n) is 6.93. The van der Waals surface area contributed by atoms with E-state index < -0.39 is 0 Å². The molecule has 0 radical (unpaired) electrons. The van der Waals surface area contributed by atoms with Crippen molar-refractivity contribution in [3.63, 3.8) is 0 Å². The Bertz CT molecular complexity index is 575. The van der Waals surface area contributed by atoms with Crippen molar-refractivity contribution in [1.29, 1.82) is 0 Å². The molecule has 1 aromatic rings. The Morgan fingerprint density at radius 2 is 2.04 bits per heavy atom. The van der Waals surface area contributed by atoms with Crippen LogP contribution in [-0.4, -0.2) is 34.8 Å². The van der Waals surface area contributed by atoms with E-state index in [0.717, 1.165) is 55.9 Å². The lowest BCUT2D eigenvalue weighted by atomic mass is 9.85. The van der Waals surface area contributed by atoms with Crippen molar-refractivity contribution >= 4 is 23.2 Å². The number of thiazole rings is 1. The van der Waals surface area contributed by atoms with Crippen LogP contribution in [0.5, 0.6) is 0 Å². The molecule has 1 aromatic heterocycles. The normalized spacial score (nSPS) is 19.1. The monoisotopic (exact) mass is 349 g/mol. The summed E-state index contributed by atoms with van der Waals surface area (Å²) >= 11 is 1.69. The van der Waals surface area contributed by atoms with Gasteiger partial charge >= 0.3 is 0 Å². The van der Waals surface area contributed by atoms with Gasteiger partial charge in [-0.15, -0.1) is 11.3 Å². The number of rotatable bonds is 6. The predicted molar refractivity (Wildman–Crippen MR) is 94.8 cm³/mol. The number of nitrogens with one attached hydrogen (secondary N) is 1. The first-order valence-corrected chi connectivity index (χ1v) is 10.0. The third-order valence-corrected chi connectivity index (χ3v) is 6.21. The van der Waals surface area contributed by atoms with Gasteiger partial charge in [0.2, 0.25) is 11.8 Å². The molecule has 2 fully saturated rings. The molecule has 2 aliphatic rings. The van der Waals surface area contributed by atoms with Crippen LogP contribution in [-0.2, 0) is 16.1 Å². The van der Waals surface area contributed by atoms with Crippen molar-refractivity contribution in [3.8, 4) is 0 Å². The van der Waals surface area contributed by atoms with Gasteiger partial charge in [-0.05, 0) is 32.1 Å². The van der Waals surface area contributed by atoms with Crippen LogP contribution >= 0.6 is 11.3 Å². The Morgan fingerprint density at radius 1 is 1.29 bits per heavy atom. The Hall–Kier alpha value is -1.43. The van der Waals surface area contributed by atoms with Crippen LogP contribution in [0.1, 0.15) is 68.5 Å². The molecule has 2 amide bonds. The van der Waals surface area contributed by atoms with Crippen molar-refractivity contribution in [3.05, 3.63) is 16.1 Å². The first kappa shape index (κ1) is 17.4. The second kappa shape index (κ2) is 8.10. The molecule has 0 spiro atoms. The minimum absolute atomic E-state index is 0.179. The first-order chi connectivity index (χ1) is 11.7. The SMILES string of the molecule is CCCC(=O)N1CCC(c2nc(CNC(=O)C3CCC3)cs2)CC1. The molecule has 6 heteroatoms. The van der Waals surface area contributed by atoms with Crippen molar-refractivity contribution in [1.82, 2.24) is 15.2 Å². The van der Waals surface area contributed by atoms with E-state index in [1.54, 1.807) is 11.3 Å². The highest BCUT2D eigenvalue weighted by molar-refractivity contribution is 7.09. The fourth-order valence-corrected chi connectivity index (χ4v) is 4.32. The maximum Gasteiger partial charge on any atom is 0.223 e. The van der Waals surface area contributed by atoms with E-state index in [9.17, 15) is 9.59 Å². The first-order valence-electron chi connectivity index (χ1n) is 9.17. The van der Waals surface area contributed by atoms with E-state index in [4.69, 9.17) is 4.98 Å². The van der Waals surface area contributed by atoms with E-state index in [-0.39, 0.29) is 17.7 Å². The quantitative estimate of drug-likeness (QED) is 0.858. The fourth-order valence-electron chi connectivity index (χ4n) is 3.33. The third-order valence-electron chi connectivity index (χ3n) is 5.15. The molecule has 0 unspecified atom stereocenters. The summed E-state index contributed by atoms with van der Waals surface area (Å²) in [6.45, 7) is 4.28. The van der Waals surface area contributed by atoms with E-state index >= 15 is 0 Å². The van der Waals surface area contributed by atoms with E-state index in [1.807, 2.05) is 11.8 Å². The predicted octanol–water partition coefficient (Wildman–Crippen LogP) is 3.07. The Balaban J connectivity index is 1.45. The number of likely N-dealkylation sites (tertiary alicyclic amines) is 1. The molecule has 3 rings (SSSR count). The summed E-state index contributed by atoms with van der Waals surface area (Å²) in [5.41, 5.74) is 0.965. The topological polar surface area (TPSA) is 62.3 Å².